The van der Waals surface area contributed by atoms with Crippen LogP contribution in [0, 0.1) is 0 Å². The zero-order valence-corrected chi connectivity index (χ0v) is 17.5. The highest BCUT2D eigenvalue weighted by Gasteiger charge is 2.24. The largest absolute Gasteiger partial charge is 0.488 e. The van der Waals surface area contributed by atoms with Crippen LogP contribution in [0.2, 0.25) is 5.02 Å². The van der Waals surface area contributed by atoms with Gasteiger partial charge >= 0.3 is 5.97 Å². The number of carbonyl (C=O) groups excluding carboxylic acids is 1. The van der Waals surface area contributed by atoms with Crippen molar-refractivity contribution in [2.75, 3.05) is 0 Å². The average molecular weight is 469 g/mol. The lowest BCUT2D eigenvalue weighted by molar-refractivity contribution is -0.129. The molecule has 144 valence electrons. The molecule has 0 bridgehead atoms. The first-order chi connectivity index (χ1) is 14.1. The minimum absolute atomic E-state index is 0.219. The normalized spacial score (nSPS) is 14.6. The van der Waals surface area contributed by atoms with Crippen LogP contribution in [0.3, 0.4) is 0 Å². The van der Waals surface area contributed by atoms with Gasteiger partial charge in [0.05, 0.1) is 0 Å². The molecule has 0 N–H and O–H groups in total. The Balaban J connectivity index is 1.58. The molecule has 0 saturated carbocycles. The van der Waals surface area contributed by atoms with Gasteiger partial charge in [0, 0.05) is 26.2 Å². The number of rotatable bonds is 5. The maximum absolute atomic E-state index is 12.3. The molecule has 1 aliphatic heterocycles. The molecule has 4 nitrogen and oxygen atoms in total. The van der Waals surface area contributed by atoms with Crippen LogP contribution in [-0.2, 0) is 16.1 Å². The van der Waals surface area contributed by atoms with Crippen LogP contribution in [0.4, 0.5) is 0 Å². The summed E-state index contributed by atoms with van der Waals surface area (Å²) in [5.41, 5.74) is 2.56. The summed E-state index contributed by atoms with van der Waals surface area (Å²) in [5, 5.41) is 0.645. The summed E-state index contributed by atoms with van der Waals surface area (Å²) in [7, 11) is 0. The van der Waals surface area contributed by atoms with E-state index in [0.29, 0.717) is 17.4 Å². The first-order valence-corrected chi connectivity index (χ1v) is 10.0. The summed E-state index contributed by atoms with van der Waals surface area (Å²) >= 11 is 9.58. The molecule has 0 atom stereocenters. The van der Waals surface area contributed by atoms with Gasteiger partial charge in [-0.2, -0.15) is 0 Å². The highest BCUT2D eigenvalue weighted by molar-refractivity contribution is 9.10. The average Bonchev–Trinajstić information content (AvgIpc) is 3.09. The molecule has 0 aromatic heterocycles. The monoisotopic (exact) mass is 467 g/mol. The zero-order chi connectivity index (χ0) is 20.2. The Morgan fingerprint density at radius 2 is 1.72 bits per heavy atom. The maximum Gasteiger partial charge on any atom is 0.363 e. The molecule has 0 aliphatic carbocycles. The lowest BCUT2D eigenvalue weighted by atomic mass is 10.1. The van der Waals surface area contributed by atoms with E-state index >= 15 is 0 Å². The standard InChI is InChI=1S/C23H15BrClNO3/c24-18-11-9-15(10-12-18)22-26-20(23(27)29-22)13-16-5-2-4-8-21(16)28-14-17-6-1-3-7-19(17)25/h1-13H,14H2/b20-13-. The number of hydrogen-bond acceptors (Lipinski definition) is 4. The molecule has 29 heavy (non-hydrogen) atoms. The summed E-state index contributed by atoms with van der Waals surface area (Å²) in [5.74, 6) is 0.409. The van der Waals surface area contributed by atoms with E-state index in [4.69, 9.17) is 21.1 Å². The molecule has 0 spiro atoms. The van der Waals surface area contributed by atoms with Crippen molar-refractivity contribution in [1.82, 2.24) is 0 Å². The summed E-state index contributed by atoms with van der Waals surface area (Å²) in [6.45, 7) is 0.317. The number of para-hydroxylation sites is 1. The first-order valence-electron chi connectivity index (χ1n) is 8.84. The van der Waals surface area contributed by atoms with Gasteiger partial charge in [-0.1, -0.05) is 63.9 Å². The molecule has 0 amide bonds. The molecule has 0 fully saturated rings. The van der Waals surface area contributed by atoms with Gasteiger partial charge in [0.15, 0.2) is 5.70 Å². The third-order valence-corrected chi connectivity index (χ3v) is 5.16. The van der Waals surface area contributed by atoms with E-state index in [9.17, 15) is 4.79 Å². The van der Waals surface area contributed by atoms with E-state index in [-0.39, 0.29) is 11.6 Å². The van der Waals surface area contributed by atoms with Gasteiger partial charge in [-0.05, 0) is 42.5 Å². The lowest BCUT2D eigenvalue weighted by Gasteiger charge is -2.10. The number of carbonyl (C=O) groups is 1. The van der Waals surface area contributed by atoms with Crippen molar-refractivity contribution in [3.05, 3.63) is 105 Å². The van der Waals surface area contributed by atoms with Crippen LogP contribution in [0.1, 0.15) is 16.7 Å². The number of esters is 1. The highest BCUT2D eigenvalue weighted by Crippen LogP contribution is 2.26. The van der Waals surface area contributed by atoms with Gasteiger partial charge in [0.1, 0.15) is 12.4 Å². The molecule has 1 heterocycles. The van der Waals surface area contributed by atoms with Gasteiger partial charge < -0.3 is 9.47 Å². The second-order valence-corrected chi connectivity index (χ2v) is 7.58. The summed E-state index contributed by atoms with van der Waals surface area (Å²) in [6, 6.07) is 22.3. The molecular weight excluding hydrogens is 454 g/mol. The Morgan fingerprint density at radius 3 is 2.52 bits per heavy atom. The Morgan fingerprint density at radius 1 is 1.00 bits per heavy atom. The van der Waals surface area contributed by atoms with Crippen LogP contribution in [0.15, 0.2) is 88.0 Å². The topological polar surface area (TPSA) is 47.9 Å². The minimum atomic E-state index is -0.496. The molecule has 0 saturated heterocycles. The van der Waals surface area contributed by atoms with E-state index in [0.717, 1.165) is 21.2 Å². The molecular formula is C23H15BrClNO3. The second kappa shape index (κ2) is 8.64. The van der Waals surface area contributed by atoms with E-state index in [2.05, 4.69) is 20.9 Å². The fourth-order valence-corrected chi connectivity index (χ4v) is 3.23. The molecule has 3 aromatic rings. The molecule has 4 rings (SSSR count). The minimum Gasteiger partial charge on any atom is -0.488 e. The van der Waals surface area contributed by atoms with Gasteiger partial charge in [0.25, 0.3) is 0 Å². The maximum atomic E-state index is 12.3. The molecule has 3 aromatic carbocycles. The quantitative estimate of drug-likeness (QED) is 0.339. The van der Waals surface area contributed by atoms with Crippen molar-refractivity contribution in [1.29, 1.82) is 0 Å². The summed E-state index contributed by atoms with van der Waals surface area (Å²) < 4.78 is 12.2. The van der Waals surface area contributed by atoms with Gasteiger partial charge in [-0.3, -0.25) is 0 Å². The first kappa shape index (κ1) is 19.4. The van der Waals surface area contributed by atoms with Crippen molar-refractivity contribution >= 4 is 45.5 Å². The second-order valence-electron chi connectivity index (χ2n) is 6.26. The lowest BCUT2D eigenvalue weighted by Crippen LogP contribution is -2.05. The fourth-order valence-electron chi connectivity index (χ4n) is 2.77. The number of nitrogens with zero attached hydrogens (tertiary/aromatic N) is 1. The Bertz CT molecular complexity index is 1120. The molecule has 0 radical (unpaired) electrons. The predicted octanol–water partition coefficient (Wildman–Crippen LogP) is 6.03. The Labute approximate surface area is 181 Å². The molecule has 0 unspecified atom stereocenters. The third-order valence-electron chi connectivity index (χ3n) is 4.26. The zero-order valence-electron chi connectivity index (χ0n) is 15.1. The van der Waals surface area contributed by atoms with Crippen LogP contribution >= 0.6 is 27.5 Å². The van der Waals surface area contributed by atoms with Gasteiger partial charge in [-0.15, -0.1) is 0 Å². The molecule has 6 heteroatoms. The number of benzene rings is 3. The van der Waals surface area contributed by atoms with Crippen molar-refractivity contribution in [3.8, 4) is 5.75 Å². The van der Waals surface area contributed by atoms with Crippen LogP contribution in [-0.4, -0.2) is 11.9 Å². The summed E-state index contributed by atoms with van der Waals surface area (Å²) in [4.78, 5) is 16.6. The number of hydrogen-bond donors (Lipinski definition) is 0. The smallest absolute Gasteiger partial charge is 0.363 e. The van der Waals surface area contributed by atoms with E-state index in [1.807, 2.05) is 72.8 Å². The predicted molar refractivity (Wildman–Crippen MR) is 117 cm³/mol. The highest BCUT2D eigenvalue weighted by atomic mass is 79.9. The number of aliphatic imine (C=N–C) groups is 1. The number of ether oxygens (including phenoxy) is 2. The Hall–Kier alpha value is -2.89. The van der Waals surface area contributed by atoms with E-state index in [1.54, 1.807) is 6.08 Å². The molecule has 1 aliphatic rings. The van der Waals surface area contributed by atoms with E-state index in [1.165, 1.54) is 0 Å². The van der Waals surface area contributed by atoms with Crippen LogP contribution in [0.5, 0.6) is 5.75 Å². The SMILES string of the molecule is O=C1OC(c2ccc(Br)cc2)=N/C1=C\c1ccccc1OCc1ccccc1Cl. The summed E-state index contributed by atoms with van der Waals surface area (Å²) in [6.07, 6.45) is 1.66. The van der Waals surface area contributed by atoms with Crippen molar-refractivity contribution in [3.63, 3.8) is 0 Å². The fraction of sp³-hybridized carbons (Fsp3) is 0.0435. The van der Waals surface area contributed by atoms with Crippen molar-refractivity contribution < 1.29 is 14.3 Å². The number of halogens is 2. The van der Waals surface area contributed by atoms with E-state index < -0.39 is 5.97 Å². The number of cyclic esters (lactones) is 1. The van der Waals surface area contributed by atoms with Gasteiger partial charge in [-0.25, -0.2) is 9.79 Å². The van der Waals surface area contributed by atoms with Crippen molar-refractivity contribution in [2.45, 2.75) is 6.61 Å². The van der Waals surface area contributed by atoms with Crippen molar-refractivity contribution in [2.24, 2.45) is 4.99 Å². The van der Waals surface area contributed by atoms with Crippen LogP contribution in [0.25, 0.3) is 6.08 Å². The third kappa shape index (κ3) is 4.58. The van der Waals surface area contributed by atoms with Crippen LogP contribution < -0.4 is 4.74 Å². The van der Waals surface area contributed by atoms with Gasteiger partial charge in [0.2, 0.25) is 5.90 Å². The Kier molecular flexibility index (Phi) is 5.79.